The Balaban J connectivity index is 1.59. The normalized spacial score (nSPS) is 19.1. The van der Waals surface area contributed by atoms with Gasteiger partial charge in [0, 0.05) is 28.1 Å². The molecule has 1 aliphatic rings. The van der Waals surface area contributed by atoms with Crippen LogP contribution in [0.2, 0.25) is 0 Å². The van der Waals surface area contributed by atoms with Gasteiger partial charge in [-0.05, 0) is 41.1 Å². The second-order valence-corrected chi connectivity index (χ2v) is 8.47. The molecule has 6 nitrogen and oxygen atoms in total. The van der Waals surface area contributed by atoms with Gasteiger partial charge in [-0.25, -0.2) is 9.97 Å². The van der Waals surface area contributed by atoms with Crippen molar-refractivity contribution >= 4 is 28.3 Å². The summed E-state index contributed by atoms with van der Waals surface area (Å²) in [5.41, 5.74) is 9.44. The van der Waals surface area contributed by atoms with Crippen molar-refractivity contribution in [2.45, 2.75) is 17.7 Å². The molecule has 0 aliphatic carbocycles. The molecule has 8 heteroatoms. The van der Waals surface area contributed by atoms with E-state index >= 15 is 0 Å². The van der Waals surface area contributed by atoms with Gasteiger partial charge in [0.05, 0.1) is 20.3 Å². The standard InChI is InChI=1S/C20H20N4O2S2/c1-25-16-4-3-12(5-17(16)26-2)18-7-15(24-20(21)28-18)19-6-13(10-27-19)14-8-22-11-23-9-14/h3-6,8-11,15,18H,7H2,1-2H3,(H2,21,24). The molecular weight excluding hydrogens is 392 g/mol. The van der Waals surface area contributed by atoms with E-state index in [9.17, 15) is 0 Å². The zero-order chi connectivity index (χ0) is 19.5. The first-order valence-corrected chi connectivity index (χ1v) is 10.5. The van der Waals surface area contributed by atoms with Gasteiger partial charge in [0.1, 0.15) is 6.33 Å². The molecule has 2 unspecified atom stereocenters. The smallest absolute Gasteiger partial charge is 0.161 e. The molecule has 1 aliphatic heterocycles. The summed E-state index contributed by atoms with van der Waals surface area (Å²) in [4.78, 5) is 14.1. The number of nitrogens with zero attached hydrogens (tertiary/aromatic N) is 3. The lowest BCUT2D eigenvalue weighted by atomic mass is 10.0. The molecule has 28 heavy (non-hydrogen) atoms. The number of hydrogen-bond donors (Lipinski definition) is 1. The highest BCUT2D eigenvalue weighted by atomic mass is 32.2. The summed E-state index contributed by atoms with van der Waals surface area (Å²) in [6.07, 6.45) is 6.04. The fourth-order valence-corrected chi connectivity index (χ4v) is 5.21. The number of nitrogens with two attached hydrogens (primary N) is 1. The van der Waals surface area contributed by atoms with Crippen molar-refractivity contribution in [3.8, 4) is 22.6 Å². The number of methoxy groups -OCH3 is 2. The molecule has 0 amide bonds. The van der Waals surface area contributed by atoms with Gasteiger partial charge in [-0.2, -0.15) is 0 Å². The summed E-state index contributed by atoms with van der Waals surface area (Å²) in [7, 11) is 3.29. The van der Waals surface area contributed by atoms with Crippen molar-refractivity contribution in [2.24, 2.45) is 10.7 Å². The van der Waals surface area contributed by atoms with Crippen molar-refractivity contribution in [3.63, 3.8) is 0 Å². The Morgan fingerprint density at radius 1 is 1.04 bits per heavy atom. The number of rotatable bonds is 5. The van der Waals surface area contributed by atoms with E-state index in [1.807, 2.05) is 24.5 Å². The maximum absolute atomic E-state index is 6.18. The maximum atomic E-state index is 6.18. The fourth-order valence-electron chi connectivity index (χ4n) is 3.20. The topological polar surface area (TPSA) is 82.6 Å². The first-order valence-electron chi connectivity index (χ1n) is 8.73. The minimum absolute atomic E-state index is 0.0303. The van der Waals surface area contributed by atoms with Gasteiger partial charge in [0.2, 0.25) is 0 Å². The quantitative estimate of drug-likeness (QED) is 0.666. The molecule has 4 rings (SSSR count). The number of thiophene rings is 1. The monoisotopic (exact) mass is 412 g/mol. The number of amidine groups is 1. The Morgan fingerprint density at radius 2 is 1.82 bits per heavy atom. The van der Waals surface area contributed by atoms with Crippen molar-refractivity contribution in [1.29, 1.82) is 0 Å². The summed E-state index contributed by atoms with van der Waals surface area (Å²) in [6.45, 7) is 0. The molecule has 2 atom stereocenters. The number of ether oxygens (including phenoxy) is 2. The van der Waals surface area contributed by atoms with E-state index in [4.69, 9.17) is 20.2 Å². The third kappa shape index (κ3) is 3.83. The second-order valence-electron chi connectivity index (χ2n) is 6.30. The van der Waals surface area contributed by atoms with E-state index in [1.54, 1.807) is 37.3 Å². The number of thioether (sulfide) groups is 1. The SMILES string of the molecule is COc1ccc(C2CC(c3cc(-c4cncnc4)cs3)N=C(N)S2)cc1OC. The lowest BCUT2D eigenvalue weighted by molar-refractivity contribution is 0.354. The van der Waals surface area contributed by atoms with E-state index in [0.717, 1.165) is 34.6 Å². The highest BCUT2D eigenvalue weighted by Crippen LogP contribution is 2.46. The molecule has 1 aromatic carbocycles. The minimum atomic E-state index is 0.0303. The Labute approximate surface area is 171 Å². The fraction of sp³-hybridized carbons (Fsp3) is 0.250. The molecule has 2 aromatic heterocycles. The van der Waals surface area contributed by atoms with E-state index in [1.165, 1.54) is 11.2 Å². The van der Waals surface area contributed by atoms with Crippen LogP contribution in [-0.2, 0) is 0 Å². The minimum Gasteiger partial charge on any atom is -0.493 e. The molecule has 144 valence electrons. The maximum Gasteiger partial charge on any atom is 0.161 e. The zero-order valence-electron chi connectivity index (χ0n) is 15.5. The molecule has 0 saturated carbocycles. The number of aliphatic imine (C=N–C) groups is 1. The van der Waals surface area contributed by atoms with Crippen LogP contribution < -0.4 is 15.2 Å². The van der Waals surface area contributed by atoms with Gasteiger partial charge < -0.3 is 15.2 Å². The summed E-state index contributed by atoms with van der Waals surface area (Å²) >= 11 is 3.28. The Hall–Kier alpha value is -2.58. The van der Waals surface area contributed by atoms with Crippen LogP contribution in [0.15, 0.2) is 53.4 Å². The third-order valence-corrected chi connectivity index (χ3v) is 6.73. The van der Waals surface area contributed by atoms with E-state index in [0.29, 0.717) is 5.17 Å². The van der Waals surface area contributed by atoms with Gasteiger partial charge in [0.25, 0.3) is 0 Å². The highest BCUT2D eigenvalue weighted by molar-refractivity contribution is 8.14. The number of aromatic nitrogens is 2. The predicted molar refractivity (Wildman–Crippen MR) is 114 cm³/mol. The van der Waals surface area contributed by atoms with Crippen molar-refractivity contribution in [2.75, 3.05) is 14.2 Å². The van der Waals surface area contributed by atoms with Crippen LogP contribution >= 0.6 is 23.1 Å². The van der Waals surface area contributed by atoms with Gasteiger partial charge in [-0.1, -0.05) is 17.8 Å². The molecule has 0 spiro atoms. The lowest BCUT2D eigenvalue weighted by Gasteiger charge is -2.26. The molecule has 0 bridgehead atoms. The van der Waals surface area contributed by atoms with Crippen molar-refractivity contribution < 1.29 is 9.47 Å². The zero-order valence-corrected chi connectivity index (χ0v) is 17.2. The molecule has 3 aromatic rings. The Bertz CT molecular complexity index is 991. The van der Waals surface area contributed by atoms with Gasteiger partial charge in [-0.3, -0.25) is 4.99 Å². The van der Waals surface area contributed by atoms with Crippen LogP contribution in [0.1, 0.15) is 28.2 Å². The molecule has 0 saturated heterocycles. The van der Waals surface area contributed by atoms with E-state index < -0.39 is 0 Å². The van der Waals surface area contributed by atoms with Gasteiger partial charge in [0.15, 0.2) is 16.7 Å². The van der Waals surface area contributed by atoms with Crippen LogP contribution in [0.4, 0.5) is 0 Å². The summed E-state index contributed by atoms with van der Waals surface area (Å²) in [6, 6.07) is 8.21. The van der Waals surface area contributed by atoms with Crippen LogP contribution in [0.25, 0.3) is 11.1 Å². The second kappa shape index (κ2) is 8.20. The first-order chi connectivity index (χ1) is 13.7. The van der Waals surface area contributed by atoms with Gasteiger partial charge >= 0.3 is 0 Å². The van der Waals surface area contributed by atoms with Crippen LogP contribution in [-0.4, -0.2) is 29.4 Å². The van der Waals surface area contributed by atoms with Crippen molar-refractivity contribution in [1.82, 2.24) is 9.97 Å². The van der Waals surface area contributed by atoms with Crippen molar-refractivity contribution in [3.05, 3.63) is 58.8 Å². The van der Waals surface area contributed by atoms with E-state index in [2.05, 4.69) is 27.5 Å². The lowest BCUT2D eigenvalue weighted by Crippen LogP contribution is -2.18. The Morgan fingerprint density at radius 3 is 2.57 bits per heavy atom. The van der Waals surface area contributed by atoms with E-state index in [-0.39, 0.29) is 11.3 Å². The third-order valence-electron chi connectivity index (χ3n) is 4.60. The summed E-state index contributed by atoms with van der Waals surface area (Å²) < 4.78 is 10.8. The molecular formula is C20H20N4O2S2. The summed E-state index contributed by atoms with van der Waals surface area (Å²) in [5, 5.41) is 2.93. The highest BCUT2D eigenvalue weighted by Gasteiger charge is 2.27. The molecule has 3 heterocycles. The largest absolute Gasteiger partial charge is 0.493 e. The van der Waals surface area contributed by atoms with Gasteiger partial charge in [-0.15, -0.1) is 11.3 Å². The molecule has 0 radical (unpaired) electrons. The Kier molecular flexibility index (Phi) is 5.50. The van der Waals surface area contributed by atoms with Crippen LogP contribution in [0, 0.1) is 0 Å². The molecule has 0 fully saturated rings. The molecule has 2 N–H and O–H groups in total. The average Bonchev–Trinajstić information content (AvgIpc) is 3.24. The number of hydrogen-bond acceptors (Lipinski definition) is 8. The first kappa shape index (κ1) is 18.8. The van der Waals surface area contributed by atoms with Crippen LogP contribution in [0.3, 0.4) is 0 Å². The summed E-state index contributed by atoms with van der Waals surface area (Å²) in [5.74, 6) is 1.44. The van der Waals surface area contributed by atoms with Crippen LogP contribution in [0.5, 0.6) is 11.5 Å². The predicted octanol–water partition coefficient (Wildman–Crippen LogP) is 4.46. The number of benzene rings is 1. The average molecular weight is 413 g/mol.